The summed E-state index contributed by atoms with van der Waals surface area (Å²) in [5.41, 5.74) is 9.62. The molecule has 4 nitrogen and oxygen atoms in total. The Labute approximate surface area is 164 Å². The Morgan fingerprint density at radius 3 is 2.77 bits per heavy atom. The molecule has 136 valence electrons. The van der Waals surface area contributed by atoms with E-state index < -0.39 is 0 Å². The highest BCUT2D eigenvalue weighted by Crippen LogP contribution is 2.36. The number of benzene rings is 2. The zero-order valence-corrected chi connectivity index (χ0v) is 15.9. The summed E-state index contributed by atoms with van der Waals surface area (Å²) in [5, 5.41) is 1.85. The van der Waals surface area contributed by atoms with E-state index in [0.717, 1.165) is 34.7 Å². The van der Waals surface area contributed by atoms with E-state index in [1.54, 1.807) is 19.5 Å². The molecule has 6 heteroatoms. The van der Waals surface area contributed by atoms with Crippen molar-refractivity contribution < 1.29 is 9.53 Å². The highest BCUT2D eigenvalue weighted by molar-refractivity contribution is 6.17. The van der Waals surface area contributed by atoms with Crippen LogP contribution in [0.5, 0.6) is 5.75 Å². The lowest BCUT2D eigenvalue weighted by molar-refractivity contribution is 0.103. The number of methoxy groups -OCH3 is 1. The molecule has 0 fully saturated rings. The molecule has 0 amide bonds. The minimum absolute atomic E-state index is 0. The van der Waals surface area contributed by atoms with Gasteiger partial charge in [0.15, 0.2) is 5.78 Å². The van der Waals surface area contributed by atoms with Gasteiger partial charge >= 0.3 is 0 Å². The molecule has 1 aliphatic rings. The molecule has 0 saturated heterocycles. The number of ether oxygens (including phenoxy) is 1. The van der Waals surface area contributed by atoms with Gasteiger partial charge in [-0.3, -0.25) is 9.78 Å². The number of ketones is 1. The third kappa shape index (κ3) is 3.28. The molecule has 4 rings (SSSR count). The van der Waals surface area contributed by atoms with Crippen LogP contribution in [0.25, 0.3) is 10.8 Å². The molecule has 1 aromatic heterocycles. The number of fused-ring (bicyclic) bond motifs is 2. The van der Waals surface area contributed by atoms with Crippen LogP contribution in [-0.4, -0.2) is 17.9 Å². The predicted molar refractivity (Wildman–Crippen MR) is 108 cm³/mol. The van der Waals surface area contributed by atoms with Gasteiger partial charge in [-0.25, -0.2) is 0 Å². The van der Waals surface area contributed by atoms with Crippen molar-refractivity contribution in [3.63, 3.8) is 0 Å². The molecule has 2 N–H and O–H groups in total. The highest BCUT2D eigenvalue weighted by Gasteiger charge is 2.25. The van der Waals surface area contributed by atoms with Crippen LogP contribution in [0.1, 0.15) is 39.5 Å². The normalized spacial score (nSPS) is 14.9. The number of aromatic nitrogens is 1. The summed E-state index contributed by atoms with van der Waals surface area (Å²) in [7, 11) is 1.59. The molecule has 0 aliphatic heterocycles. The van der Waals surface area contributed by atoms with Crippen molar-refractivity contribution in [2.24, 2.45) is 5.73 Å². The predicted octanol–water partition coefficient (Wildman–Crippen LogP) is 4.26. The smallest absolute Gasteiger partial charge is 0.197 e. The van der Waals surface area contributed by atoms with Crippen LogP contribution in [0, 0.1) is 0 Å². The Bertz CT molecular complexity index is 954. The van der Waals surface area contributed by atoms with Gasteiger partial charge in [0.25, 0.3) is 0 Å². The van der Waals surface area contributed by atoms with E-state index in [4.69, 9.17) is 10.5 Å². The molecule has 3 aromatic rings. The average molecular weight is 391 g/mol. The zero-order valence-electron chi connectivity index (χ0n) is 14.3. The van der Waals surface area contributed by atoms with Gasteiger partial charge in [-0.1, -0.05) is 18.2 Å². The molecule has 0 radical (unpaired) electrons. The van der Waals surface area contributed by atoms with Crippen LogP contribution >= 0.6 is 24.8 Å². The van der Waals surface area contributed by atoms with Crippen molar-refractivity contribution in [3.05, 3.63) is 71.0 Å². The topological polar surface area (TPSA) is 65.2 Å². The monoisotopic (exact) mass is 390 g/mol. The van der Waals surface area contributed by atoms with E-state index in [1.807, 2.05) is 36.4 Å². The maximum Gasteiger partial charge on any atom is 0.197 e. The first-order valence-electron chi connectivity index (χ1n) is 8.03. The SMILES string of the molecule is COc1cc2c(cc1C(=O)c1cccc3cnccc13)CCC2N.Cl.Cl. The molecule has 1 aliphatic carbocycles. The molecule has 1 atom stereocenters. The van der Waals surface area contributed by atoms with Crippen molar-refractivity contribution >= 4 is 41.4 Å². The van der Waals surface area contributed by atoms with E-state index in [1.165, 1.54) is 0 Å². The van der Waals surface area contributed by atoms with Crippen LogP contribution in [0.4, 0.5) is 0 Å². The van der Waals surface area contributed by atoms with Gasteiger partial charge in [0.1, 0.15) is 5.75 Å². The standard InChI is InChI=1S/C20H18N2O2.2ClH/c1-24-19-10-16-12(5-6-18(16)21)9-17(19)20(23)15-4-2-3-13-11-22-8-7-14(13)15;;/h2-4,7-11,18H,5-6,21H2,1H3;2*1H. The number of nitrogens with zero attached hydrogens (tertiary/aromatic N) is 1. The van der Waals surface area contributed by atoms with E-state index in [-0.39, 0.29) is 36.6 Å². The molecular formula is C20H20Cl2N2O2. The Hall–Kier alpha value is -2.14. The fourth-order valence-electron chi connectivity index (χ4n) is 3.48. The van der Waals surface area contributed by atoms with E-state index in [0.29, 0.717) is 16.9 Å². The van der Waals surface area contributed by atoms with Gasteiger partial charge in [-0.05, 0) is 47.6 Å². The Balaban J connectivity index is 0.00000121. The molecule has 2 aromatic carbocycles. The van der Waals surface area contributed by atoms with Gasteiger partial charge in [0.05, 0.1) is 12.7 Å². The minimum Gasteiger partial charge on any atom is -0.496 e. The van der Waals surface area contributed by atoms with Crippen LogP contribution in [0.3, 0.4) is 0 Å². The summed E-state index contributed by atoms with van der Waals surface area (Å²) in [6, 6.07) is 11.5. The molecule has 1 unspecified atom stereocenters. The second-order valence-corrected chi connectivity index (χ2v) is 6.13. The van der Waals surface area contributed by atoms with Crippen LogP contribution in [0.2, 0.25) is 0 Å². The lowest BCUT2D eigenvalue weighted by atomic mass is 9.95. The van der Waals surface area contributed by atoms with Gasteiger partial charge < -0.3 is 10.5 Å². The summed E-state index contributed by atoms with van der Waals surface area (Å²) in [6.45, 7) is 0. The number of halogens is 2. The summed E-state index contributed by atoms with van der Waals surface area (Å²) in [5.74, 6) is 0.550. The second-order valence-electron chi connectivity index (χ2n) is 6.13. The van der Waals surface area contributed by atoms with Crippen molar-refractivity contribution in [2.45, 2.75) is 18.9 Å². The van der Waals surface area contributed by atoms with Crippen molar-refractivity contribution in [2.75, 3.05) is 7.11 Å². The fraction of sp³-hybridized carbons (Fsp3) is 0.200. The van der Waals surface area contributed by atoms with Crippen LogP contribution in [0.15, 0.2) is 48.8 Å². The molecular weight excluding hydrogens is 371 g/mol. The van der Waals surface area contributed by atoms with Gasteiger partial charge in [0, 0.05) is 29.4 Å². The first kappa shape index (κ1) is 20.2. The Kier molecular flexibility index (Phi) is 6.24. The number of hydrogen-bond acceptors (Lipinski definition) is 4. The fourth-order valence-corrected chi connectivity index (χ4v) is 3.48. The quantitative estimate of drug-likeness (QED) is 0.678. The first-order valence-corrected chi connectivity index (χ1v) is 8.03. The third-order valence-electron chi connectivity index (χ3n) is 4.76. The lowest BCUT2D eigenvalue weighted by Crippen LogP contribution is -2.09. The lowest BCUT2D eigenvalue weighted by Gasteiger charge is -2.13. The van der Waals surface area contributed by atoms with Gasteiger partial charge in [-0.15, -0.1) is 24.8 Å². The average Bonchev–Trinajstić information content (AvgIpc) is 2.99. The van der Waals surface area contributed by atoms with Crippen molar-refractivity contribution in [1.29, 1.82) is 0 Å². The van der Waals surface area contributed by atoms with Gasteiger partial charge in [-0.2, -0.15) is 0 Å². The Morgan fingerprint density at radius 1 is 1.19 bits per heavy atom. The van der Waals surface area contributed by atoms with Crippen LogP contribution < -0.4 is 10.5 Å². The second kappa shape index (κ2) is 8.04. The zero-order chi connectivity index (χ0) is 16.7. The molecule has 0 bridgehead atoms. The number of carbonyl (C=O) groups excluding carboxylic acids is 1. The molecule has 26 heavy (non-hydrogen) atoms. The number of aryl methyl sites for hydroxylation is 1. The molecule has 0 spiro atoms. The summed E-state index contributed by atoms with van der Waals surface area (Å²) < 4.78 is 5.48. The minimum atomic E-state index is -0.0353. The summed E-state index contributed by atoms with van der Waals surface area (Å²) in [6.07, 6.45) is 5.29. The number of pyridine rings is 1. The van der Waals surface area contributed by atoms with Crippen molar-refractivity contribution in [3.8, 4) is 5.75 Å². The number of carbonyl (C=O) groups is 1. The highest BCUT2D eigenvalue weighted by atomic mass is 35.5. The molecule has 1 heterocycles. The van der Waals surface area contributed by atoms with Gasteiger partial charge in [0.2, 0.25) is 0 Å². The summed E-state index contributed by atoms with van der Waals surface area (Å²) in [4.78, 5) is 17.3. The summed E-state index contributed by atoms with van der Waals surface area (Å²) >= 11 is 0. The van der Waals surface area contributed by atoms with Crippen molar-refractivity contribution in [1.82, 2.24) is 4.98 Å². The van der Waals surface area contributed by atoms with Crippen LogP contribution in [-0.2, 0) is 6.42 Å². The maximum atomic E-state index is 13.2. The largest absolute Gasteiger partial charge is 0.496 e. The number of nitrogens with two attached hydrogens (primary N) is 1. The van der Waals surface area contributed by atoms with E-state index >= 15 is 0 Å². The van der Waals surface area contributed by atoms with E-state index in [2.05, 4.69) is 4.98 Å². The maximum absolute atomic E-state index is 13.2. The van der Waals surface area contributed by atoms with E-state index in [9.17, 15) is 4.79 Å². The number of hydrogen-bond donors (Lipinski definition) is 1. The number of rotatable bonds is 3. The first-order chi connectivity index (χ1) is 11.7. The Morgan fingerprint density at radius 2 is 2.00 bits per heavy atom. The third-order valence-corrected chi connectivity index (χ3v) is 4.76. The molecule has 0 saturated carbocycles.